The fourth-order valence-corrected chi connectivity index (χ4v) is 2.48. The number of carbonyl (C=O) groups is 1. The highest BCUT2D eigenvalue weighted by Crippen LogP contribution is 2.48. The first-order valence-electron chi connectivity index (χ1n) is 5.57. The normalized spacial score (nSPS) is 21.6. The summed E-state index contributed by atoms with van der Waals surface area (Å²) in [7, 11) is 0. The van der Waals surface area contributed by atoms with Crippen LogP contribution in [0.5, 0.6) is 0 Å². The number of nitrogens with zero attached hydrogens (tertiary/aromatic N) is 2. The Kier molecular flexibility index (Phi) is 2.79. The lowest BCUT2D eigenvalue weighted by Crippen LogP contribution is -2.14. The first-order chi connectivity index (χ1) is 8.75. The van der Waals surface area contributed by atoms with Gasteiger partial charge in [-0.25, -0.2) is 4.39 Å². The lowest BCUT2D eigenvalue weighted by Gasteiger charge is -2.02. The van der Waals surface area contributed by atoms with Crippen LogP contribution < -0.4 is 5.32 Å². The zero-order chi connectivity index (χ0) is 12.5. The van der Waals surface area contributed by atoms with Gasteiger partial charge in [0.05, 0.1) is 0 Å². The molecule has 2 unspecified atom stereocenters. The molecule has 1 amide bonds. The van der Waals surface area contributed by atoms with E-state index in [2.05, 4.69) is 15.5 Å². The Balaban J connectivity index is 1.67. The zero-order valence-electron chi connectivity index (χ0n) is 9.34. The van der Waals surface area contributed by atoms with Crippen molar-refractivity contribution in [3.63, 3.8) is 0 Å². The number of hydrogen-bond acceptors (Lipinski definition) is 4. The van der Waals surface area contributed by atoms with E-state index >= 15 is 0 Å². The number of nitrogens with one attached hydrogen (secondary N) is 1. The van der Waals surface area contributed by atoms with Gasteiger partial charge in [0.1, 0.15) is 11.3 Å². The van der Waals surface area contributed by atoms with Gasteiger partial charge in [0.15, 0.2) is 0 Å². The van der Waals surface area contributed by atoms with Crippen molar-refractivity contribution in [3.8, 4) is 0 Å². The van der Waals surface area contributed by atoms with Crippen molar-refractivity contribution in [3.05, 3.63) is 41.2 Å². The topological polar surface area (TPSA) is 54.9 Å². The first-order valence-corrected chi connectivity index (χ1v) is 6.45. The fourth-order valence-electron chi connectivity index (χ4n) is 2.03. The maximum Gasteiger partial charge on any atom is 0.229 e. The molecule has 2 aromatic rings. The highest BCUT2D eigenvalue weighted by atomic mass is 32.1. The summed E-state index contributed by atoms with van der Waals surface area (Å²) >= 11 is 1.27. The molecule has 92 valence electrons. The number of hydrogen-bond donors (Lipinski definition) is 1. The van der Waals surface area contributed by atoms with E-state index < -0.39 is 0 Å². The molecule has 1 N–H and O–H groups in total. The quantitative estimate of drug-likeness (QED) is 0.925. The third-order valence-corrected chi connectivity index (χ3v) is 3.63. The molecule has 1 aliphatic carbocycles. The van der Waals surface area contributed by atoms with Crippen molar-refractivity contribution < 1.29 is 9.18 Å². The molecule has 0 saturated heterocycles. The smallest absolute Gasteiger partial charge is 0.229 e. The number of halogens is 1. The second-order valence-corrected chi connectivity index (χ2v) is 5.04. The summed E-state index contributed by atoms with van der Waals surface area (Å²) in [6.07, 6.45) is 0.686. The van der Waals surface area contributed by atoms with Gasteiger partial charge >= 0.3 is 0 Å². The Morgan fingerprint density at radius 3 is 3.00 bits per heavy atom. The van der Waals surface area contributed by atoms with E-state index in [-0.39, 0.29) is 23.6 Å². The molecule has 4 nitrogen and oxygen atoms in total. The van der Waals surface area contributed by atoms with Crippen LogP contribution in [0.3, 0.4) is 0 Å². The summed E-state index contributed by atoms with van der Waals surface area (Å²) < 4.78 is 13.5. The second kappa shape index (κ2) is 4.45. The van der Waals surface area contributed by atoms with Crippen molar-refractivity contribution in [2.24, 2.45) is 5.92 Å². The molecule has 18 heavy (non-hydrogen) atoms. The average molecular weight is 263 g/mol. The van der Waals surface area contributed by atoms with Crippen LogP contribution in [0.25, 0.3) is 0 Å². The molecule has 0 spiro atoms. The molecule has 3 rings (SSSR count). The van der Waals surface area contributed by atoms with Crippen molar-refractivity contribution >= 4 is 22.4 Å². The predicted octanol–water partition coefficient (Wildman–Crippen LogP) is 2.42. The molecule has 1 fully saturated rings. The monoisotopic (exact) mass is 263 g/mol. The number of aromatic nitrogens is 2. The summed E-state index contributed by atoms with van der Waals surface area (Å²) in [4.78, 5) is 11.9. The van der Waals surface area contributed by atoms with Gasteiger partial charge in [0.2, 0.25) is 11.0 Å². The highest BCUT2D eigenvalue weighted by molar-refractivity contribution is 7.13. The molecule has 0 bridgehead atoms. The second-order valence-electron chi connectivity index (χ2n) is 4.20. The Hall–Kier alpha value is -1.82. The van der Waals surface area contributed by atoms with E-state index in [1.165, 1.54) is 17.4 Å². The van der Waals surface area contributed by atoms with Crippen LogP contribution in [0.4, 0.5) is 9.52 Å². The SMILES string of the molecule is O=C(Nc1nncs1)C1CC1c1ccccc1F. The first kappa shape index (κ1) is 11.3. The van der Waals surface area contributed by atoms with Gasteiger partial charge in [-0.1, -0.05) is 29.5 Å². The zero-order valence-corrected chi connectivity index (χ0v) is 10.2. The summed E-state index contributed by atoms with van der Waals surface area (Å²) in [5.74, 6) is -0.529. The molecule has 1 heterocycles. The van der Waals surface area contributed by atoms with Crippen LogP contribution >= 0.6 is 11.3 Å². The van der Waals surface area contributed by atoms with Crippen LogP contribution in [-0.2, 0) is 4.79 Å². The molecule has 1 aliphatic rings. The lowest BCUT2D eigenvalue weighted by atomic mass is 10.1. The molecule has 6 heteroatoms. The van der Waals surface area contributed by atoms with Gasteiger partial charge in [-0.2, -0.15) is 0 Å². The number of rotatable bonds is 3. The average Bonchev–Trinajstić information content (AvgIpc) is 3.00. The molecule has 2 atom stereocenters. The summed E-state index contributed by atoms with van der Waals surface area (Å²) in [5.41, 5.74) is 2.17. The third-order valence-electron chi connectivity index (χ3n) is 3.02. The van der Waals surface area contributed by atoms with Gasteiger partial charge in [-0.3, -0.25) is 4.79 Å². The molecular weight excluding hydrogens is 253 g/mol. The van der Waals surface area contributed by atoms with Crippen LogP contribution in [-0.4, -0.2) is 16.1 Å². The Morgan fingerprint density at radius 2 is 2.28 bits per heavy atom. The van der Waals surface area contributed by atoms with E-state index in [0.29, 0.717) is 17.1 Å². The highest BCUT2D eigenvalue weighted by Gasteiger charge is 2.45. The molecule has 0 radical (unpaired) electrons. The minimum absolute atomic E-state index is 0.0147. The molecular formula is C12H10FN3OS. The van der Waals surface area contributed by atoms with Gasteiger partial charge < -0.3 is 5.32 Å². The minimum Gasteiger partial charge on any atom is -0.300 e. The van der Waals surface area contributed by atoms with E-state index in [1.54, 1.807) is 23.7 Å². The van der Waals surface area contributed by atoms with Crippen molar-refractivity contribution in [1.82, 2.24) is 10.2 Å². The number of benzene rings is 1. The van der Waals surface area contributed by atoms with Gasteiger partial charge in [-0.15, -0.1) is 10.2 Å². The predicted molar refractivity (Wildman–Crippen MR) is 65.8 cm³/mol. The molecule has 1 aromatic heterocycles. The molecule has 1 aromatic carbocycles. The summed E-state index contributed by atoms with van der Waals surface area (Å²) in [5, 5.41) is 10.6. The Bertz CT molecular complexity index is 572. The number of amides is 1. The van der Waals surface area contributed by atoms with Crippen LogP contribution in [0, 0.1) is 11.7 Å². The third kappa shape index (κ3) is 2.11. The van der Waals surface area contributed by atoms with E-state index in [0.717, 1.165) is 0 Å². The van der Waals surface area contributed by atoms with E-state index in [9.17, 15) is 9.18 Å². The lowest BCUT2D eigenvalue weighted by molar-refractivity contribution is -0.117. The maximum atomic E-state index is 13.5. The fraction of sp³-hybridized carbons (Fsp3) is 0.250. The molecule has 1 saturated carbocycles. The number of anilines is 1. The molecule has 0 aliphatic heterocycles. The van der Waals surface area contributed by atoms with E-state index in [4.69, 9.17) is 0 Å². The van der Waals surface area contributed by atoms with Crippen LogP contribution in [0.1, 0.15) is 17.9 Å². The van der Waals surface area contributed by atoms with Gasteiger partial charge in [0.25, 0.3) is 0 Å². The Labute approximate surface area is 107 Å². The summed E-state index contributed by atoms with van der Waals surface area (Å²) in [6, 6.07) is 6.60. The van der Waals surface area contributed by atoms with Crippen molar-refractivity contribution in [1.29, 1.82) is 0 Å². The van der Waals surface area contributed by atoms with Gasteiger partial charge in [0, 0.05) is 5.92 Å². The summed E-state index contributed by atoms with van der Waals surface area (Å²) in [6.45, 7) is 0. The minimum atomic E-state index is -0.242. The van der Waals surface area contributed by atoms with Crippen LogP contribution in [0.2, 0.25) is 0 Å². The maximum absolute atomic E-state index is 13.5. The standard InChI is InChI=1S/C12H10FN3OS/c13-10-4-2-1-3-7(10)8-5-9(8)11(17)15-12-16-14-6-18-12/h1-4,6,8-9H,5H2,(H,15,16,17). The van der Waals surface area contributed by atoms with Crippen LogP contribution in [0.15, 0.2) is 29.8 Å². The largest absolute Gasteiger partial charge is 0.300 e. The van der Waals surface area contributed by atoms with Crippen molar-refractivity contribution in [2.75, 3.05) is 5.32 Å². The van der Waals surface area contributed by atoms with Gasteiger partial charge in [-0.05, 0) is 24.0 Å². The van der Waals surface area contributed by atoms with Crippen molar-refractivity contribution in [2.45, 2.75) is 12.3 Å². The van der Waals surface area contributed by atoms with E-state index in [1.807, 2.05) is 0 Å². The Morgan fingerprint density at radius 1 is 1.44 bits per heavy atom. The number of carbonyl (C=O) groups excluding carboxylic acids is 1.